The van der Waals surface area contributed by atoms with Crippen LogP contribution < -0.4 is 9.47 Å². The molecule has 2 saturated carbocycles. The molecule has 0 atom stereocenters. The predicted molar refractivity (Wildman–Crippen MR) is 96.2 cm³/mol. The standard InChI is InChI=1S/C20H25F3N2O4/c1-18(27)8-13(9-18)17(26)25-11-19(12-25)6-4-14(5-7-19)28-16-3-2-15(10-24-16)29-20(21,22)23/h2-3,10,13-14,27H,4-9,11-12H2,1H3/t13-,18+. The van der Waals surface area contributed by atoms with Crippen molar-refractivity contribution in [2.45, 2.75) is 63.5 Å². The fourth-order valence-corrected chi connectivity index (χ4v) is 4.79. The van der Waals surface area contributed by atoms with Crippen LogP contribution in [0.5, 0.6) is 11.6 Å². The fraction of sp³-hybridized carbons (Fsp3) is 0.700. The average Bonchev–Trinajstić information content (AvgIpc) is 2.58. The number of nitrogens with zero attached hydrogens (tertiary/aromatic N) is 2. The van der Waals surface area contributed by atoms with Gasteiger partial charge in [0.05, 0.1) is 11.8 Å². The lowest BCUT2D eigenvalue weighted by molar-refractivity contribution is -0.274. The first-order chi connectivity index (χ1) is 13.5. The molecular formula is C20H25F3N2O4. The molecule has 160 valence electrons. The van der Waals surface area contributed by atoms with Crippen LogP contribution in [0.15, 0.2) is 18.3 Å². The van der Waals surface area contributed by atoms with Crippen molar-refractivity contribution >= 4 is 5.91 Å². The molecule has 1 aliphatic heterocycles. The zero-order chi connectivity index (χ0) is 20.9. The van der Waals surface area contributed by atoms with Gasteiger partial charge >= 0.3 is 6.36 Å². The van der Waals surface area contributed by atoms with Crippen molar-refractivity contribution in [1.82, 2.24) is 9.88 Å². The summed E-state index contributed by atoms with van der Waals surface area (Å²) in [5.41, 5.74) is -0.539. The largest absolute Gasteiger partial charge is 0.573 e. The number of pyridine rings is 1. The second-order valence-electron chi connectivity index (χ2n) is 8.99. The first-order valence-corrected chi connectivity index (χ1v) is 9.92. The monoisotopic (exact) mass is 414 g/mol. The van der Waals surface area contributed by atoms with Gasteiger partial charge in [-0.2, -0.15) is 0 Å². The molecule has 1 aromatic rings. The van der Waals surface area contributed by atoms with Gasteiger partial charge in [0.15, 0.2) is 0 Å². The van der Waals surface area contributed by atoms with E-state index < -0.39 is 12.0 Å². The number of aromatic nitrogens is 1. The second-order valence-corrected chi connectivity index (χ2v) is 8.99. The summed E-state index contributed by atoms with van der Waals surface area (Å²) < 4.78 is 46.2. The van der Waals surface area contributed by atoms with Crippen LogP contribution in [-0.2, 0) is 4.79 Å². The van der Waals surface area contributed by atoms with E-state index in [4.69, 9.17) is 4.74 Å². The summed E-state index contributed by atoms with van der Waals surface area (Å²) in [5.74, 6) is 0.0193. The van der Waals surface area contributed by atoms with E-state index in [1.165, 1.54) is 12.1 Å². The van der Waals surface area contributed by atoms with E-state index in [1.54, 1.807) is 6.92 Å². The van der Waals surface area contributed by atoms with E-state index in [0.29, 0.717) is 12.8 Å². The molecule has 0 aromatic carbocycles. The Morgan fingerprint density at radius 3 is 2.41 bits per heavy atom. The molecular weight excluding hydrogens is 389 g/mol. The lowest BCUT2D eigenvalue weighted by atomic mass is 9.66. The molecule has 1 spiro atoms. The number of ether oxygens (including phenoxy) is 2. The minimum atomic E-state index is -4.74. The molecule has 4 rings (SSSR count). The lowest BCUT2D eigenvalue weighted by Crippen LogP contribution is -2.63. The predicted octanol–water partition coefficient (Wildman–Crippen LogP) is 3.29. The van der Waals surface area contributed by atoms with Crippen molar-refractivity contribution < 1.29 is 32.5 Å². The molecule has 29 heavy (non-hydrogen) atoms. The topological polar surface area (TPSA) is 71.9 Å². The molecule has 3 aliphatic rings. The molecule has 0 radical (unpaired) electrons. The summed E-state index contributed by atoms with van der Waals surface area (Å²) in [4.78, 5) is 18.2. The molecule has 6 nitrogen and oxygen atoms in total. The summed E-state index contributed by atoms with van der Waals surface area (Å²) >= 11 is 0. The number of likely N-dealkylation sites (tertiary alicyclic amines) is 1. The highest BCUT2D eigenvalue weighted by molar-refractivity contribution is 5.81. The third-order valence-electron chi connectivity index (χ3n) is 6.31. The summed E-state index contributed by atoms with van der Waals surface area (Å²) in [6.07, 6.45) is 0.852. The summed E-state index contributed by atoms with van der Waals surface area (Å²) in [7, 11) is 0. The van der Waals surface area contributed by atoms with Crippen molar-refractivity contribution in [3.63, 3.8) is 0 Å². The van der Waals surface area contributed by atoms with Gasteiger partial charge < -0.3 is 19.5 Å². The first-order valence-electron chi connectivity index (χ1n) is 9.92. The van der Waals surface area contributed by atoms with Crippen molar-refractivity contribution in [1.29, 1.82) is 0 Å². The number of rotatable bonds is 4. The Morgan fingerprint density at radius 1 is 1.24 bits per heavy atom. The van der Waals surface area contributed by atoms with E-state index in [0.717, 1.165) is 45.0 Å². The lowest BCUT2D eigenvalue weighted by Gasteiger charge is -2.55. The molecule has 1 N–H and O–H groups in total. The zero-order valence-electron chi connectivity index (χ0n) is 16.2. The highest BCUT2D eigenvalue weighted by Crippen LogP contribution is 2.47. The Morgan fingerprint density at radius 2 is 1.90 bits per heavy atom. The van der Waals surface area contributed by atoms with Crippen molar-refractivity contribution in [3.05, 3.63) is 18.3 Å². The minimum Gasteiger partial charge on any atom is -0.474 e. The Hall–Kier alpha value is -2.03. The smallest absolute Gasteiger partial charge is 0.474 e. The van der Waals surface area contributed by atoms with Gasteiger partial charge in [0.1, 0.15) is 11.9 Å². The number of amides is 1. The Kier molecular flexibility index (Phi) is 4.91. The molecule has 0 bridgehead atoms. The maximum Gasteiger partial charge on any atom is 0.573 e. The normalized spacial score (nSPS) is 29.1. The van der Waals surface area contributed by atoms with E-state index in [-0.39, 0.29) is 35.0 Å². The first kappa shape index (κ1) is 20.3. The van der Waals surface area contributed by atoms with Gasteiger partial charge in [0, 0.05) is 30.5 Å². The maximum atomic E-state index is 12.4. The van der Waals surface area contributed by atoms with Crippen molar-refractivity contribution in [2.75, 3.05) is 13.1 Å². The number of halogens is 3. The number of hydrogen-bond acceptors (Lipinski definition) is 5. The number of aliphatic hydroxyl groups is 1. The van der Waals surface area contributed by atoms with Crippen LogP contribution in [0.25, 0.3) is 0 Å². The summed E-state index contributed by atoms with van der Waals surface area (Å²) in [6, 6.07) is 2.57. The van der Waals surface area contributed by atoms with Gasteiger partial charge in [-0.3, -0.25) is 4.79 Å². The Bertz CT molecular complexity index is 742. The van der Waals surface area contributed by atoms with E-state index in [1.807, 2.05) is 4.90 Å². The van der Waals surface area contributed by atoms with E-state index in [2.05, 4.69) is 9.72 Å². The van der Waals surface area contributed by atoms with Crippen LogP contribution in [0.4, 0.5) is 13.2 Å². The third-order valence-corrected chi connectivity index (χ3v) is 6.31. The molecule has 1 amide bonds. The Labute approximate surface area is 167 Å². The number of alkyl halides is 3. The molecule has 2 aliphatic carbocycles. The van der Waals surface area contributed by atoms with Crippen LogP contribution >= 0.6 is 0 Å². The highest BCUT2D eigenvalue weighted by atomic mass is 19.4. The van der Waals surface area contributed by atoms with Gasteiger partial charge in [-0.15, -0.1) is 13.2 Å². The van der Waals surface area contributed by atoms with Gasteiger partial charge in [0.2, 0.25) is 11.8 Å². The number of carbonyl (C=O) groups excluding carboxylic acids is 1. The van der Waals surface area contributed by atoms with Gasteiger partial charge in [-0.25, -0.2) is 4.98 Å². The maximum absolute atomic E-state index is 12.4. The molecule has 1 aromatic heterocycles. The molecule has 2 heterocycles. The van der Waals surface area contributed by atoms with Crippen LogP contribution in [0.1, 0.15) is 45.4 Å². The van der Waals surface area contributed by atoms with Crippen LogP contribution in [0, 0.1) is 11.3 Å². The van der Waals surface area contributed by atoms with Gasteiger partial charge in [-0.05, 0) is 51.5 Å². The minimum absolute atomic E-state index is 0.0333. The number of hydrogen-bond donors (Lipinski definition) is 1. The number of carbonyl (C=O) groups is 1. The van der Waals surface area contributed by atoms with Gasteiger partial charge in [0.25, 0.3) is 0 Å². The fourth-order valence-electron chi connectivity index (χ4n) is 4.79. The zero-order valence-corrected chi connectivity index (χ0v) is 16.2. The van der Waals surface area contributed by atoms with E-state index >= 15 is 0 Å². The molecule has 1 saturated heterocycles. The molecule has 3 fully saturated rings. The van der Waals surface area contributed by atoms with Crippen LogP contribution in [0.3, 0.4) is 0 Å². The highest BCUT2D eigenvalue weighted by Gasteiger charge is 2.51. The van der Waals surface area contributed by atoms with Gasteiger partial charge in [-0.1, -0.05) is 0 Å². The van der Waals surface area contributed by atoms with E-state index in [9.17, 15) is 23.1 Å². The average molecular weight is 414 g/mol. The van der Waals surface area contributed by atoms with Crippen molar-refractivity contribution in [2.24, 2.45) is 11.3 Å². The molecule has 0 unspecified atom stereocenters. The van der Waals surface area contributed by atoms with Crippen LogP contribution in [0.2, 0.25) is 0 Å². The SMILES string of the molecule is C[C@]1(O)C[C@@H](C(=O)N2CC3(CCC(Oc4ccc(OC(F)(F)F)cn4)CC3)C2)C1. The van der Waals surface area contributed by atoms with Crippen LogP contribution in [-0.4, -0.2) is 52.1 Å². The molecule has 9 heteroatoms. The summed E-state index contributed by atoms with van der Waals surface area (Å²) in [6.45, 7) is 3.29. The van der Waals surface area contributed by atoms with Crippen molar-refractivity contribution in [3.8, 4) is 11.6 Å². The summed E-state index contributed by atoms with van der Waals surface area (Å²) in [5, 5.41) is 9.82. The Balaban J connectivity index is 1.21. The third kappa shape index (κ3) is 4.60. The second kappa shape index (κ2) is 7.04. The quantitative estimate of drug-likeness (QED) is 0.819.